The number of ether oxygens (including phenoxy) is 1. The highest BCUT2D eigenvalue weighted by atomic mass is 16.5. The normalized spacial score (nSPS) is 14.3. The molecule has 1 atom stereocenters. The fourth-order valence-corrected chi connectivity index (χ4v) is 1.21. The third-order valence-corrected chi connectivity index (χ3v) is 2.64. The van der Waals surface area contributed by atoms with Crippen LogP contribution < -0.4 is 10.5 Å². The van der Waals surface area contributed by atoms with Crippen LogP contribution in [-0.4, -0.2) is 13.2 Å². The molecule has 0 spiro atoms. The zero-order chi connectivity index (χ0) is 11.1. The maximum absolute atomic E-state index is 5.67. The van der Waals surface area contributed by atoms with Gasteiger partial charge in [0.05, 0.1) is 6.61 Å². The Labute approximate surface area is 91.7 Å². The molecule has 0 heterocycles. The molecule has 0 bridgehead atoms. The first-order valence-electron chi connectivity index (χ1n) is 5.22. The number of benzene rings is 1. The summed E-state index contributed by atoms with van der Waals surface area (Å²) in [6.07, 6.45) is 2.79. The van der Waals surface area contributed by atoms with Gasteiger partial charge in [-0.2, -0.15) is 0 Å². The van der Waals surface area contributed by atoms with E-state index >= 15 is 0 Å². The number of rotatable bonds is 6. The van der Waals surface area contributed by atoms with Crippen molar-refractivity contribution in [3.63, 3.8) is 0 Å². The van der Waals surface area contributed by atoms with Crippen molar-refractivity contribution in [2.45, 2.75) is 13.3 Å². The Bertz CT molecular complexity index is 297. The van der Waals surface area contributed by atoms with E-state index in [-0.39, 0.29) is 5.41 Å². The zero-order valence-corrected chi connectivity index (χ0v) is 9.28. The molecule has 0 saturated heterocycles. The first kappa shape index (κ1) is 11.8. The molecule has 2 nitrogen and oxygen atoms in total. The zero-order valence-electron chi connectivity index (χ0n) is 9.28. The molecule has 1 unspecified atom stereocenters. The number of nitrogens with two attached hydrogens (primary N) is 1. The molecule has 1 rings (SSSR count). The summed E-state index contributed by atoms with van der Waals surface area (Å²) in [6.45, 7) is 7.16. The van der Waals surface area contributed by atoms with Crippen molar-refractivity contribution in [3.05, 3.63) is 43.0 Å². The van der Waals surface area contributed by atoms with Crippen molar-refractivity contribution >= 4 is 0 Å². The van der Waals surface area contributed by atoms with Gasteiger partial charge in [0.25, 0.3) is 0 Å². The minimum absolute atomic E-state index is 0.0191. The molecule has 0 aliphatic rings. The average molecular weight is 205 g/mol. The molecule has 1 aromatic rings. The maximum Gasteiger partial charge on any atom is 0.119 e. The van der Waals surface area contributed by atoms with Crippen LogP contribution in [0.4, 0.5) is 0 Å². The molecule has 0 amide bonds. The molecular weight excluding hydrogens is 186 g/mol. The smallest absolute Gasteiger partial charge is 0.119 e. The summed E-state index contributed by atoms with van der Waals surface area (Å²) in [5.41, 5.74) is 5.65. The van der Waals surface area contributed by atoms with Gasteiger partial charge in [-0.15, -0.1) is 6.58 Å². The summed E-state index contributed by atoms with van der Waals surface area (Å²) >= 11 is 0. The lowest BCUT2D eigenvalue weighted by Gasteiger charge is -2.23. The van der Waals surface area contributed by atoms with E-state index in [9.17, 15) is 0 Å². The van der Waals surface area contributed by atoms with E-state index in [2.05, 4.69) is 13.5 Å². The highest BCUT2D eigenvalue weighted by Crippen LogP contribution is 2.21. The molecule has 2 heteroatoms. The monoisotopic (exact) mass is 205 g/mol. The van der Waals surface area contributed by atoms with Gasteiger partial charge < -0.3 is 10.5 Å². The van der Waals surface area contributed by atoms with Gasteiger partial charge in [-0.3, -0.25) is 0 Å². The van der Waals surface area contributed by atoms with E-state index < -0.39 is 0 Å². The van der Waals surface area contributed by atoms with E-state index in [4.69, 9.17) is 10.5 Å². The van der Waals surface area contributed by atoms with Crippen LogP contribution in [0, 0.1) is 5.41 Å². The van der Waals surface area contributed by atoms with Gasteiger partial charge in [-0.25, -0.2) is 0 Å². The van der Waals surface area contributed by atoms with Crippen molar-refractivity contribution in [1.29, 1.82) is 0 Å². The van der Waals surface area contributed by atoms with Gasteiger partial charge in [0.15, 0.2) is 0 Å². The molecule has 15 heavy (non-hydrogen) atoms. The highest BCUT2D eigenvalue weighted by Gasteiger charge is 2.17. The number of hydrogen-bond donors (Lipinski definition) is 1. The predicted molar refractivity (Wildman–Crippen MR) is 63.9 cm³/mol. The van der Waals surface area contributed by atoms with E-state index in [0.29, 0.717) is 13.2 Å². The number of hydrogen-bond acceptors (Lipinski definition) is 2. The summed E-state index contributed by atoms with van der Waals surface area (Å²) in [4.78, 5) is 0. The van der Waals surface area contributed by atoms with E-state index in [1.54, 1.807) is 0 Å². The molecule has 2 N–H and O–H groups in total. The lowest BCUT2D eigenvalue weighted by atomic mass is 9.88. The summed E-state index contributed by atoms with van der Waals surface area (Å²) in [7, 11) is 0. The fourth-order valence-electron chi connectivity index (χ4n) is 1.21. The molecule has 0 aliphatic heterocycles. The fraction of sp³-hybridized carbons (Fsp3) is 0.385. The lowest BCUT2D eigenvalue weighted by Crippen LogP contribution is -2.26. The quantitative estimate of drug-likeness (QED) is 0.724. The minimum Gasteiger partial charge on any atom is -0.494 e. The second-order valence-electron chi connectivity index (χ2n) is 3.97. The van der Waals surface area contributed by atoms with Crippen LogP contribution in [0.1, 0.15) is 13.3 Å². The molecule has 0 aliphatic carbocycles. The van der Waals surface area contributed by atoms with Crippen LogP contribution >= 0.6 is 0 Å². The maximum atomic E-state index is 5.67. The molecular formula is C13H19NO. The molecule has 0 radical (unpaired) electrons. The average Bonchev–Trinajstić information content (AvgIpc) is 2.30. The van der Waals surface area contributed by atoms with Gasteiger partial charge in [0.2, 0.25) is 0 Å². The van der Waals surface area contributed by atoms with Crippen molar-refractivity contribution in [2.24, 2.45) is 11.1 Å². The van der Waals surface area contributed by atoms with Gasteiger partial charge in [-0.1, -0.05) is 31.2 Å². The van der Waals surface area contributed by atoms with Gasteiger partial charge >= 0.3 is 0 Å². The van der Waals surface area contributed by atoms with Gasteiger partial charge in [-0.05, 0) is 18.6 Å². The summed E-state index contributed by atoms with van der Waals surface area (Å²) in [5, 5.41) is 0. The van der Waals surface area contributed by atoms with Crippen molar-refractivity contribution in [1.82, 2.24) is 0 Å². The lowest BCUT2D eigenvalue weighted by molar-refractivity contribution is 0.253. The van der Waals surface area contributed by atoms with Crippen LogP contribution in [0.15, 0.2) is 43.0 Å². The Morgan fingerprint density at radius 1 is 1.40 bits per heavy atom. The largest absolute Gasteiger partial charge is 0.494 e. The van der Waals surface area contributed by atoms with Gasteiger partial charge in [0, 0.05) is 12.0 Å². The van der Waals surface area contributed by atoms with Crippen molar-refractivity contribution in [2.75, 3.05) is 13.2 Å². The third kappa shape index (κ3) is 3.76. The SMILES string of the molecule is C=CC(C)(CN)CCOc1ccccc1. The van der Waals surface area contributed by atoms with Crippen molar-refractivity contribution < 1.29 is 4.74 Å². The van der Waals surface area contributed by atoms with Crippen LogP contribution in [0.2, 0.25) is 0 Å². The Hall–Kier alpha value is -1.28. The van der Waals surface area contributed by atoms with Crippen LogP contribution in [-0.2, 0) is 0 Å². The second kappa shape index (κ2) is 5.56. The molecule has 82 valence electrons. The third-order valence-electron chi connectivity index (χ3n) is 2.64. The summed E-state index contributed by atoms with van der Waals surface area (Å²) < 4.78 is 5.60. The van der Waals surface area contributed by atoms with Crippen LogP contribution in [0.5, 0.6) is 5.75 Å². The Balaban J connectivity index is 2.36. The predicted octanol–water partition coefficient (Wildman–Crippen LogP) is 2.61. The van der Waals surface area contributed by atoms with Gasteiger partial charge in [0.1, 0.15) is 5.75 Å². The summed E-state index contributed by atoms with van der Waals surface area (Å²) in [6, 6.07) is 9.80. The number of para-hydroxylation sites is 1. The van der Waals surface area contributed by atoms with Crippen LogP contribution in [0.3, 0.4) is 0 Å². The Morgan fingerprint density at radius 3 is 2.60 bits per heavy atom. The topological polar surface area (TPSA) is 35.2 Å². The molecule has 1 aromatic carbocycles. The minimum atomic E-state index is -0.0191. The van der Waals surface area contributed by atoms with Crippen molar-refractivity contribution in [3.8, 4) is 5.75 Å². The first-order chi connectivity index (χ1) is 7.20. The standard InChI is InChI=1S/C13H19NO/c1-3-13(2,11-14)9-10-15-12-7-5-4-6-8-12/h3-8H,1,9-11,14H2,2H3. The van der Waals surface area contributed by atoms with Crippen LogP contribution in [0.25, 0.3) is 0 Å². The highest BCUT2D eigenvalue weighted by molar-refractivity contribution is 5.20. The molecule has 0 fully saturated rings. The Kier molecular flexibility index (Phi) is 4.37. The molecule has 0 saturated carbocycles. The Morgan fingerprint density at radius 2 is 2.07 bits per heavy atom. The van der Waals surface area contributed by atoms with E-state index in [1.165, 1.54) is 0 Å². The second-order valence-corrected chi connectivity index (χ2v) is 3.97. The van der Waals surface area contributed by atoms with E-state index in [0.717, 1.165) is 12.2 Å². The first-order valence-corrected chi connectivity index (χ1v) is 5.22. The molecule has 0 aromatic heterocycles. The van der Waals surface area contributed by atoms with E-state index in [1.807, 2.05) is 36.4 Å². The summed E-state index contributed by atoms with van der Waals surface area (Å²) in [5.74, 6) is 0.904.